The molecule has 0 fully saturated rings. The van der Waals surface area contributed by atoms with Crippen LogP contribution < -0.4 is 11.1 Å². The van der Waals surface area contributed by atoms with Gasteiger partial charge in [0.2, 0.25) is 5.91 Å². The third-order valence-corrected chi connectivity index (χ3v) is 6.44. The van der Waals surface area contributed by atoms with Gasteiger partial charge in [-0.25, -0.2) is 0 Å². The predicted octanol–water partition coefficient (Wildman–Crippen LogP) is 5.44. The van der Waals surface area contributed by atoms with E-state index in [0.29, 0.717) is 22.9 Å². The van der Waals surface area contributed by atoms with Crippen LogP contribution in [0.1, 0.15) is 98.9 Å². The predicted molar refractivity (Wildman–Crippen MR) is 110 cm³/mol. The average molecular weight is 379 g/mol. The minimum atomic E-state index is -0.417. The molecule has 1 aromatic heterocycles. The third kappa shape index (κ3) is 6.11. The Kier molecular flexibility index (Phi) is 8.63. The molecule has 3 N–H and O–H groups in total. The summed E-state index contributed by atoms with van der Waals surface area (Å²) in [6, 6.07) is 0. The topological polar surface area (TPSA) is 72.2 Å². The number of nitrogens with one attached hydrogen (secondary N) is 1. The molecule has 1 heterocycles. The van der Waals surface area contributed by atoms with Crippen LogP contribution in [-0.4, -0.2) is 11.8 Å². The normalized spacial score (nSPS) is 16.3. The molecule has 0 aromatic carbocycles. The van der Waals surface area contributed by atoms with Gasteiger partial charge in [0.1, 0.15) is 5.00 Å². The van der Waals surface area contributed by atoms with Crippen molar-refractivity contribution in [2.45, 2.75) is 90.9 Å². The van der Waals surface area contributed by atoms with Gasteiger partial charge in [0.15, 0.2) is 0 Å². The lowest BCUT2D eigenvalue weighted by molar-refractivity contribution is -0.116. The minimum Gasteiger partial charge on any atom is -0.365 e. The fourth-order valence-electron chi connectivity index (χ4n) is 3.71. The van der Waals surface area contributed by atoms with Crippen LogP contribution in [0.3, 0.4) is 0 Å². The van der Waals surface area contributed by atoms with Crippen LogP contribution >= 0.6 is 11.3 Å². The standard InChI is InChI=1S/C21H34N2O2S/c1-3-4-5-6-7-8-9-10-11-18(24)23-21-19(20(22)25)16-13-12-15(2)14-17(16)26-21/h15H,3-14H2,1-2H3,(H2,22,25)(H,23,24). The van der Waals surface area contributed by atoms with Gasteiger partial charge in [0.05, 0.1) is 5.56 Å². The van der Waals surface area contributed by atoms with E-state index in [9.17, 15) is 9.59 Å². The fraction of sp³-hybridized carbons (Fsp3) is 0.714. The number of thiophene rings is 1. The number of unbranched alkanes of at least 4 members (excludes halogenated alkanes) is 7. The number of anilines is 1. The van der Waals surface area contributed by atoms with Crippen molar-refractivity contribution in [1.82, 2.24) is 0 Å². The quantitative estimate of drug-likeness (QED) is 0.503. The van der Waals surface area contributed by atoms with Gasteiger partial charge in [-0.3, -0.25) is 9.59 Å². The van der Waals surface area contributed by atoms with Crippen molar-refractivity contribution >= 4 is 28.2 Å². The third-order valence-electron chi connectivity index (χ3n) is 5.27. The van der Waals surface area contributed by atoms with E-state index >= 15 is 0 Å². The molecule has 1 unspecified atom stereocenters. The first kappa shape index (κ1) is 20.9. The molecule has 4 nitrogen and oxygen atoms in total. The monoisotopic (exact) mass is 378 g/mol. The Morgan fingerprint density at radius 3 is 2.42 bits per heavy atom. The van der Waals surface area contributed by atoms with Gasteiger partial charge in [-0.15, -0.1) is 11.3 Å². The van der Waals surface area contributed by atoms with Gasteiger partial charge in [0, 0.05) is 11.3 Å². The van der Waals surface area contributed by atoms with Crippen molar-refractivity contribution in [3.05, 3.63) is 16.0 Å². The Morgan fingerprint density at radius 1 is 1.12 bits per heavy atom. The summed E-state index contributed by atoms with van der Waals surface area (Å²) in [5.41, 5.74) is 7.23. The maximum absolute atomic E-state index is 12.3. The van der Waals surface area contributed by atoms with Crippen LogP contribution in [0, 0.1) is 5.92 Å². The van der Waals surface area contributed by atoms with Gasteiger partial charge in [-0.05, 0) is 37.2 Å². The molecule has 1 atom stereocenters. The average Bonchev–Trinajstić information content (AvgIpc) is 2.94. The first-order chi connectivity index (χ1) is 12.5. The van der Waals surface area contributed by atoms with Gasteiger partial charge in [0.25, 0.3) is 5.91 Å². The molecule has 0 spiro atoms. The lowest BCUT2D eigenvalue weighted by atomic mass is 9.88. The molecule has 0 saturated heterocycles. The van der Waals surface area contributed by atoms with Crippen molar-refractivity contribution in [1.29, 1.82) is 0 Å². The highest BCUT2D eigenvalue weighted by atomic mass is 32.1. The number of amides is 2. The summed E-state index contributed by atoms with van der Waals surface area (Å²) in [6.07, 6.45) is 13.2. The summed E-state index contributed by atoms with van der Waals surface area (Å²) < 4.78 is 0. The Labute approximate surface area is 161 Å². The number of carbonyl (C=O) groups is 2. The van der Waals surface area contributed by atoms with Crippen LogP contribution in [0.2, 0.25) is 0 Å². The summed E-state index contributed by atoms with van der Waals surface area (Å²) in [4.78, 5) is 25.4. The van der Waals surface area contributed by atoms with Crippen LogP contribution in [0.5, 0.6) is 0 Å². The molecule has 2 rings (SSSR count). The van der Waals surface area contributed by atoms with E-state index < -0.39 is 5.91 Å². The Morgan fingerprint density at radius 2 is 1.77 bits per heavy atom. The highest BCUT2D eigenvalue weighted by Crippen LogP contribution is 2.39. The molecule has 0 aliphatic heterocycles. The molecule has 0 saturated carbocycles. The van der Waals surface area contributed by atoms with E-state index in [4.69, 9.17) is 5.73 Å². The van der Waals surface area contributed by atoms with Crippen LogP contribution in [0.15, 0.2) is 0 Å². The summed E-state index contributed by atoms with van der Waals surface area (Å²) in [7, 11) is 0. The fourth-order valence-corrected chi connectivity index (χ4v) is 5.14. The number of hydrogen-bond donors (Lipinski definition) is 2. The highest BCUT2D eigenvalue weighted by Gasteiger charge is 2.27. The highest BCUT2D eigenvalue weighted by molar-refractivity contribution is 7.17. The second-order valence-corrected chi connectivity index (χ2v) is 8.80. The van der Waals surface area contributed by atoms with Gasteiger partial charge in [-0.1, -0.05) is 58.8 Å². The first-order valence-electron chi connectivity index (χ1n) is 10.3. The Hall–Kier alpha value is -1.36. The number of rotatable bonds is 11. The van der Waals surface area contributed by atoms with E-state index in [-0.39, 0.29) is 5.91 Å². The maximum atomic E-state index is 12.3. The zero-order valence-electron chi connectivity index (χ0n) is 16.4. The lowest BCUT2D eigenvalue weighted by Gasteiger charge is -2.18. The first-order valence-corrected chi connectivity index (χ1v) is 11.1. The molecule has 146 valence electrons. The molecular formula is C21H34N2O2S. The molecule has 5 heteroatoms. The van der Waals surface area contributed by atoms with Crippen LogP contribution in [-0.2, 0) is 17.6 Å². The number of primary amides is 1. The molecular weight excluding hydrogens is 344 g/mol. The van der Waals surface area contributed by atoms with E-state index in [0.717, 1.165) is 37.7 Å². The molecule has 26 heavy (non-hydrogen) atoms. The van der Waals surface area contributed by atoms with Crippen molar-refractivity contribution in [3.8, 4) is 0 Å². The Balaban J connectivity index is 1.79. The van der Waals surface area contributed by atoms with Crippen LogP contribution in [0.25, 0.3) is 0 Å². The number of carbonyl (C=O) groups excluding carboxylic acids is 2. The maximum Gasteiger partial charge on any atom is 0.251 e. The molecule has 1 aliphatic carbocycles. The minimum absolute atomic E-state index is 0.00475. The van der Waals surface area contributed by atoms with Gasteiger partial charge >= 0.3 is 0 Å². The van der Waals surface area contributed by atoms with Crippen molar-refractivity contribution in [2.24, 2.45) is 11.7 Å². The second-order valence-electron chi connectivity index (χ2n) is 7.69. The SMILES string of the molecule is CCCCCCCCCCC(=O)Nc1sc2c(c1C(N)=O)CCC(C)C2. The summed E-state index contributed by atoms with van der Waals surface area (Å²) in [5, 5.41) is 3.63. The second kappa shape index (κ2) is 10.7. The van der Waals surface area contributed by atoms with Crippen molar-refractivity contribution in [2.75, 3.05) is 5.32 Å². The lowest BCUT2D eigenvalue weighted by Crippen LogP contribution is -2.19. The number of hydrogen-bond acceptors (Lipinski definition) is 3. The van der Waals surface area contributed by atoms with E-state index in [1.54, 1.807) is 11.3 Å². The summed E-state index contributed by atoms with van der Waals surface area (Å²) in [5.74, 6) is 0.215. The van der Waals surface area contributed by atoms with E-state index in [2.05, 4.69) is 19.2 Å². The number of nitrogens with two attached hydrogens (primary N) is 1. The zero-order chi connectivity index (χ0) is 18.9. The number of fused-ring (bicyclic) bond motifs is 1. The molecule has 2 amide bonds. The largest absolute Gasteiger partial charge is 0.365 e. The molecule has 1 aromatic rings. The molecule has 1 aliphatic rings. The zero-order valence-corrected chi connectivity index (χ0v) is 17.2. The summed E-state index contributed by atoms with van der Waals surface area (Å²) in [6.45, 7) is 4.46. The smallest absolute Gasteiger partial charge is 0.251 e. The van der Waals surface area contributed by atoms with Gasteiger partial charge < -0.3 is 11.1 Å². The van der Waals surface area contributed by atoms with E-state index in [1.165, 1.54) is 43.4 Å². The molecule has 0 radical (unpaired) electrons. The van der Waals surface area contributed by atoms with Crippen LogP contribution in [0.4, 0.5) is 5.00 Å². The van der Waals surface area contributed by atoms with Crippen molar-refractivity contribution in [3.63, 3.8) is 0 Å². The summed E-state index contributed by atoms with van der Waals surface area (Å²) >= 11 is 1.54. The molecule has 0 bridgehead atoms. The Bertz CT molecular complexity index is 609. The van der Waals surface area contributed by atoms with Gasteiger partial charge in [-0.2, -0.15) is 0 Å². The van der Waals surface area contributed by atoms with E-state index in [1.807, 2.05) is 0 Å². The van der Waals surface area contributed by atoms with Crippen molar-refractivity contribution < 1.29 is 9.59 Å².